The highest BCUT2D eigenvalue weighted by molar-refractivity contribution is 9.10. The highest BCUT2D eigenvalue weighted by Crippen LogP contribution is 2.21. The molecule has 0 atom stereocenters. The molecular formula is C18H17BrCl2N4O2. The van der Waals surface area contributed by atoms with Crippen molar-refractivity contribution in [3.8, 4) is 0 Å². The van der Waals surface area contributed by atoms with E-state index in [4.69, 9.17) is 23.2 Å². The molecule has 2 aromatic rings. The van der Waals surface area contributed by atoms with Gasteiger partial charge in [0.1, 0.15) is 5.15 Å². The van der Waals surface area contributed by atoms with Crippen LogP contribution in [0.3, 0.4) is 0 Å². The molecule has 0 unspecified atom stereocenters. The van der Waals surface area contributed by atoms with Gasteiger partial charge >= 0.3 is 0 Å². The number of rotatable bonds is 4. The Balaban J connectivity index is 1.53. The van der Waals surface area contributed by atoms with Crippen LogP contribution in [0.4, 0.5) is 5.69 Å². The van der Waals surface area contributed by atoms with Crippen molar-refractivity contribution in [2.24, 2.45) is 0 Å². The van der Waals surface area contributed by atoms with E-state index in [0.29, 0.717) is 46.9 Å². The Morgan fingerprint density at radius 1 is 1.15 bits per heavy atom. The molecule has 6 nitrogen and oxygen atoms in total. The van der Waals surface area contributed by atoms with E-state index in [1.807, 2.05) is 11.0 Å². The molecule has 0 spiro atoms. The van der Waals surface area contributed by atoms with Crippen molar-refractivity contribution in [2.75, 3.05) is 38.0 Å². The van der Waals surface area contributed by atoms with Crippen LogP contribution in [0.2, 0.25) is 10.2 Å². The Bertz CT molecular complexity index is 857. The number of pyridine rings is 1. The number of carbonyl (C=O) groups excluding carboxylic acids is 2. The molecular weight excluding hydrogens is 455 g/mol. The Kier molecular flexibility index (Phi) is 6.70. The highest BCUT2D eigenvalue weighted by atomic mass is 79.9. The zero-order chi connectivity index (χ0) is 19.4. The Hall–Kier alpha value is -1.67. The number of anilines is 1. The van der Waals surface area contributed by atoms with Crippen molar-refractivity contribution >= 4 is 56.6 Å². The predicted molar refractivity (Wildman–Crippen MR) is 109 cm³/mol. The number of aromatic nitrogens is 1. The fourth-order valence-electron chi connectivity index (χ4n) is 2.81. The molecule has 0 aliphatic carbocycles. The number of nitrogens with one attached hydrogen (secondary N) is 1. The van der Waals surface area contributed by atoms with Crippen molar-refractivity contribution in [3.63, 3.8) is 0 Å². The van der Waals surface area contributed by atoms with E-state index in [2.05, 4.69) is 26.2 Å². The topological polar surface area (TPSA) is 65.5 Å². The average molecular weight is 472 g/mol. The molecule has 2 amide bonds. The standard InChI is InChI=1S/C18H17BrCl2N4O2/c19-12-9-13(17(21)22-10-12)18(27)25-7-5-24(6-8-25)11-16(26)23-15-4-2-1-3-14(15)20/h1-4,9-10H,5-8,11H2,(H,23,26). The summed E-state index contributed by atoms with van der Waals surface area (Å²) in [4.78, 5) is 32.6. The van der Waals surface area contributed by atoms with Crippen LogP contribution in [-0.2, 0) is 4.79 Å². The van der Waals surface area contributed by atoms with Crippen molar-refractivity contribution in [3.05, 3.63) is 56.7 Å². The van der Waals surface area contributed by atoms with Gasteiger partial charge in [0.15, 0.2) is 0 Å². The van der Waals surface area contributed by atoms with Gasteiger partial charge in [0.2, 0.25) is 5.91 Å². The summed E-state index contributed by atoms with van der Waals surface area (Å²) in [5, 5.41) is 3.49. The fourth-order valence-corrected chi connectivity index (χ4v) is 3.51. The molecule has 1 aliphatic rings. The molecule has 9 heteroatoms. The zero-order valence-corrected chi connectivity index (χ0v) is 17.4. The van der Waals surface area contributed by atoms with Crippen molar-refractivity contribution in [2.45, 2.75) is 0 Å². The molecule has 0 bridgehead atoms. The monoisotopic (exact) mass is 470 g/mol. The van der Waals surface area contributed by atoms with Crippen LogP contribution < -0.4 is 5.32 Å². The lowest BCUT2D eigenvalue weighted by atomic mass is 10.2. The van der Waals surface area contributed by atoms with Crippen LogP contribution >= 0.6 is 39.1 Å². The minimum atomic E-state index is -0.158. The lowest BCUT2D eigenvalue weighted by molar-refractivity contribution is -0.117. The second-order valence-corrected chi connectivity index (χ2v) is 7.77. The SMILES string of the molecule is O=C(CN1CCN(C(=O)c2cc(Br)cnc2Cl)CC1)Nc1ccccc1Cl. The normalized spacial score (nSPS) is 14.9. The fraction of sp³-hybridized carbons (Fsp3) is 0.278. The summed E-state index contributed by atoms with van der Waals surface area (Å²) in [6.07, 6.45) is 1.55. The summed E-state index contributed by atoms with van der Waals surface area (Å²) in [6.45, 7) is 2.47. The molecule has 142 valence electrons. The van der Waals surface area contributed by atoms with Crippen LogP contribution in [0.25, 0.3) is 0 Å². The summed E-state index contributed by atoms with van der Waals surface area (Å²) in [6, 6.07) is 8.77. The average Bonchev–Trinajstić information content (AvgIpc) is 2.65. The molecule has 1 aliphatic heterocycles. The minimum Gasteiger partial charge on any atom is -0.336 e. The third-order valence-corrected chi connectivity index (χ3v) is 5.28. The van der Waals surface area contributed by atoms with E-state index < -0.39 is 0 Å². The van der Waals surface area contributed by atoms with E-state index in [0.717, 1.165) is 0 Å². The molecule has 2 heterocycles. The van der Waals surface area contributed by atoms with Crippen LogP contribution in [-0.4, -0.2) is 59.3 Å². The maximum absolute atomic E-state index is 12.6. The van der Waals surface area contributed by atoms with Gasteiger partial charge in [-0.25, -0.2) is 4.98 Å². The third-order valence-electron chi connectivity index (χ3n) is 4.21. The minimum absolute atomic E-state index is 0.137. The number of benzene rings is 1. The second-order valence-electron chi connectivity index (χ2n) is 6.09. The number of carbonyl (C=O) groups is 2. The number of hydrogen-bond donors (Lipinski definition) is 1. The summed E-state index contributed by atoms with van der Waals surface area (Å²) >= 11 is 15.4. The molecule has 3 rings (SSSR count). The second kappa shape index (κ2) is 9.01. The molecule has 1 N–H and O–H groups in total. The number of piperazine rings is 1. The molecule has 0 radical (unpaired) electrons. The molecule has 27 heavy (non-hydrogen) atoms. The van der Waals surface area contributed by atoms with Gasteiger partial charge in [-0.1, -0.05) is 35.3 Å². The third kappa shape index (κ3) is 5.19. The number of amides is 2. The van der Waals surface area contributed by atoms with Gasteiger partial charge in [-0.05, 0) is 34.1 Å². The Labute approximate surface area is 175 Å². The molecule has 1 aromatic carbocycles. The number of para-hydroxylation sites is 1. The number of nitrogens with zero attached hydrogens (tertiary/aromatic N) is 3. The number of hydrogen-bond acceptors (Lipinski definition) is 4. The van der Waals surface area contributed by atoms with Gasteiger partial charge in [0, 0.05) is 36.8 Å². The molecule has 1 aromatic heterocycles. The van der Waals surface area contributed by atoms with Gasteiger partial charge in [-0.2, -0.15) is 0 Å². The Morgan fingerprint density at radius 2 is 1.85 bits per heavy atom. The molecule has 1 saturated heterocycles. The summed E-state index contributed by atoms with van der Waals surface area (Å²) < 4.78 is 0.699. The quantitative estimate of drug-likeness (QED) is 0.692. The summed E-state index contributed by atoms with van der Waals surface area (Å²) in [7, 11) is 0. The largest absolute Gasteiger partial charge is 0.336 e. The maximum Gasteiger partial charge on any atom is 0.257 e. The zero-order valence-electron chi connectivity index (χ0n) is 14.3. The lowest BCUT2D eigenvalue weighted by Crippen LogP contribution is -2.50. The van der Waals surface area contributed by atoms with E-state index in [9.17, 15) is 9.59 Å². The molecule has 0 saturated carbocycles. The predicted octanol–water partition coefficient (Wildman–Crippen LogP) is 3.55. The first kappa shape index (κ1) is 20.1. The summed E-state index contributed by atoms with van der Waals surface area (Å²) in [5.74, 6) is -0.295. The molecule has 1 fully saturated rings. The Morgan fingerprint density at radius 3 is 2.56 bits per heavy atom. The van der Waals surface area contributed by atoms with Crippen LogP contribution in [0.15, 0.2) is 41.0 Å². The maximum atomic E-state index is 12.6. The van der Waals surface area contributed by atoms with E-state index in [1.165, 1.54) is 0 Å². The van der Waals surface area contributed by atoms with Crippen molar-refractivity contribution in [1.29, 1.82) is 0 Å². The lowest BCUT2D eigenvalue weighted by Gasteiger charge is -2.34. The van der Waals surface area contributed by atoms with Gasteiger partial charge < -0.3 is 10.2 Å². The van der Waals surface area contributed by atoms with Crippen LogP contribution in [0, 0.1) is 0 Å². The van der Waals surface area contributed by atoms with Crippen molar-refractivity contribution in [1.82, 2.24) is 14.8 Å². The van der Waals surface area contributed by atoms with Crippen molar-refractivity contribution < 1.29 is 9.59 Å². The van der Waals surface area contributed by atoms with Gasteiger partial charge in [0.25, 0.3) is 5.91 Å². The first-order valence-corrected chi connectivity index (χ1v) is 9.86. The van der Waals surface area contributed by atoms with E-state index in [1.54, 1.807) is 35.4 Å². The van der Waals surface area contributed by atoms with E-state index in [-0.39, 0.29) is 23.5 Å². The first-order valence-electron chi connectivity index (χ1n) is 8.31. The van der Waals surface area contributed by atoms with Crippen LogP contribution in [0.1, 0.15) is 10.4 Å². The van der Waals surface area contributed by atoms with Gasteiger partial charge in [0.05, 0.1) is 22.8 Å². The first-order chi connectivity index (χ1) is 12.9. The highest BCUT2D eigenvalue weighted by Gasteiger charge is 2.25. The van der Waals surface area contributed by atoms with Gasteiger partial charge in [-0.3, -0.25) is 14.5 Å². The summed E-state index contributed by atoms with van der Waals surface area (Å²) in [5.41, 5.74) is 0.964. The van der Waals surface area contributed by atoms with Crippen LogP contribution in [0.5, 0.6) is 0 Å². The van der Waals surface area contributed by atoms with E-state index >= 15 is 0 Å². The number of halogens is 3. The van der Waals surface area contributed by atoms with Gasteiger partial charge in [-0.15, -0.1) is 0 Å². The smallest absolute Gasteiger partial charge is 0.257 e.